The van der Waals surface area contributed by atoms with Crippen LogP contribution in [0.15, 0.2) is 48.5 Å². The number of hydrogen-bond donors (Lipinski definition) is 0. The molecule has 2 atom stereocenters. The van der Waals surface area contributed by atoms with Gasteiger partial charge in [0.15, 0.2) is 0 Å². The van der Waals surface area contributed by atoms with Crippen LogP contribution >= 0.6 is 11.8 Å². The average Bonchev–Trinajstić information content (AvgIpc) is 2.62. The molecule has 0 heterocycles. The van der Waals surface area contributed by atoms with E-state index in [2.05, 4.69) is 55.6 Å². The predicted molar refractivity (Wildman–Crippen MR) is 101 cm³/mol. The first kappa shape index (κ1) is 18.4. The van der Waals surface area contributed by atoms with Crippen molar-refractivity contribution >= 4 is 31.2 Å². The zero-order valence-corrected chi connectivity index (χ0v) is 16.6. The maximum atomic E-state index is 5.73. The summed E-state index contributed by atoms with van der Waals surface area (Å²) in [6.07, 6.45) is 2.29. The fourth-order valence-electron chi connectivity index (χ4n) is 2.42. The molecular weight excluding hydrogens is 371 g/mol. The second-order valence-electron chi connectivity index (χ2n) is 5.20. The van der Waals surface area contributed by atoms with Gasteiger partial charge in [-0.25, -0.2) is 0 Å². The van der Waals surface area contributed by atoms with Gasteiger partial charge in [0.05, 0.1) is 0 Å². The summed E-state index contributed by atoms with van der Waals surface area (Å²) in [7, 11) is 3.55. The van der Waals surface area contributed by atoms with Crippen molar-refractivity contribution in [3.63, 3.8) is 0 Å². The molecule has 0 saturated heterocycles. The monoisotopic (exact) mass is 396 g/mol. The van der Waals surface area contributed by atoms with Gasteiger partial charge in [-0.3, -0.25) is 0 Å². The fourth-order valence-corrected chi connectivity index (χ4v) is 5.88. The van der Waals surface area contributed by atoms with Crippen LogP contribution in [0.1, 0.15) is 29.4 Å². The van der Waals surface area contributed by atoms with Crippen LogP contribution in [0, 0.1) is 0 Å². The van der Waals surface area contributed by atoms with Crippen LogP contribution < -0.4 is 9.20 Å². The Kier molecular flexibility index (Phi) is 7.51. The number of benzene rings is 2. The van der Waals surface area contributed by atoms with Crippen LogP contribution in [0.5, 0.6) is 5.75 Å². The van der Waals surface area contributed by atoms with Gasteiger partial charge < -0.3 is 0 Å². The van der Waals surface area contributed by atoms with Gasteiger partial charge in [-0.2, -0.15) is 0 Å². The molecule has 2 aromatic carbocycles. The van der Waals surface area contributed by atoms with Crippen LogP contribution in [-0.2, 0) is 4.74 Å². The molecule has 2 aromatic rings. The van der Waals surface area contributed by atoms with E-state index >= 15 is 0 Å². The first-order chi connectivity index (χ1) is 11.2. The molecule has 0 aliphatic rings. The van der Waals surface area contributed by atoms with Gasteiger partial charge in [-0.05, 0) is 0 Å². The third kappa shape index (κ3) is 4.77. The second kappa shape index (κ2) is 9.39. The molecule has 2 rings (SSSR count). The van der Waals surface area contributed by atoms with Crippen LogP contribution in [0.4, 0.5) is 0 Å². The minimum atomic E-state index is 0.138. The summed E-state index contributed by atoms with van der Waals surface area (Å²) in [5, 5.41) is 1.47. The van der Waals surface area contributed by atoms with Gasteiger partial charge in [0.25, 0.3) is 0 Å². The first-order valence-corrected chi connectivity index (χ1v) is 11.0. The van der Waals surface area contributed by atoms with Gasteiger partial charge in [0, 0.05) is 0 Å². The van der Waals surface area contributed by atoms with Crippen LogP contribution in [0.3, 0.4) is 0 Å². The van der Waals surface area contributed by atoms with E-state index in [0.29, 0.717) is 20.2 Å². The molecule has 0 saturated carbocycles. The van der Waals surface area contributed by atoms with Crippen LogP contribution in [-0.4, -0.2) is 35.4 Å². The number of hydrogen-bond acceptors (Lipinski definition) is 3. The van der Waals surface area contributed by atoms with Crippen molar-refractivity contribution in [1.29, 1.82) is 0 Å². The summed E-state index contributed by atoms with van der Waals surface area (Å²) in [6.45, 7) is 2.25. The SMILES string of the molecule is COc1cccc([C@H](C)SC)c1[Se]C[C@H](OC)c1ccccc1. The van der Waals surface area contributed by atoms with Crippen LogP contribution in [0.25, 0.3) is 0 Å². The van der Waals surface area contributed by atoms with Crippen molar-refractivity contribution in [1.82, 2.24) is 0 Å². The molecule has 0 aliphatic heterocycles. The van der Waals surface area contributed by atoms with E-state index in [0.717, 1.165) is 11.1 Å². The Morgan fingerprint density at radius 3 is 2.39 bits per heavy atom. The Bertz CT molecular complexity index is 604. The maximum absolute atomic E-state index is 5.73. The molecule has 124 valence electrons. The third-order valence-corrected chi connectivity index (χ3v) is 7.32. The standard InChI is InChI=1S/C19H24O2SSe/c1-14(22-4)16-11-8-12-17(20-2)19(16)23-13-18(21-3)15-9-6-5-7-10-15/h5-12,14,18H,13H2,1-4H3/t14-,18-/m0/s1. The Hall–Kier alpha value is -0.931. The second-order valence-corrected chi connectivity index (χ2v) is 8.54. The van der Waals surface area contributed by atoms with E-state index in [9.17, 15) is 0 Å². The van der Waals surface area contributed by atoms with Gasteiger partial charge >= 0.3 is 150 Å². The Labute approximate surface area is 150 Å². The molecule has 0 radical (unpaired) electrons. The minimum absolute atomic E-state index is 0.138. The van der Waals surface area contributed by atoms with E-state index in [1.807, 2.05) is 17.8 Å². The quantitative estimate of drug-likeness (QED) is 0.623. The van der Waals surface area contributed by atoms with Crippen molar-refractivity contribution in [2.24, 2.45) is 0 Å². The summed E-state index contributed by atoms with van der Waals surface area (Å²) in [5.41, 5.74) is 2.63. The molecule has 0 fully saturated rings. The summed E-state index contributed by atoms with van der Waals surface area (Å²) >= 11 is 2.16. The summed E-state index contributed by atoms with van der Waals surface area (Å²) in [6, 6.07) is 16.8. The third-order valence-electron chi connectivity index (χ3n) is 3.86. The van der Waals surface area contributed by atoms with Crippen molar-refractivity contribution in [3.8, 4) is 5.75 Å². The van der Waals surface area contributed by atoms with Gasteiger partial charge in [-0.15, -0.1) is 0 Å². The van der Waals surface area contributed by atoms with Gasteiger partial charge in [-0.1, -0.05) is 0 Å². The molecule has 0 bridgehead atoms. The van der Waals surface area contributed by atoms with Crippen LogP contribution in [0.2, 0.25) is 5.32 Å². The molecule has 0 amide bonds. The van der Waals surface area contributed by atoms with Crippen molar-refractivity contribution in [2.45, 2.75) is 23.6 Å². The molecule has 0 spiro atoms. The molecular formula is C19H24O2SSe. The molecule has 4 heteroatoms. The number of rotatable bonds is 8. The van der Waals surface area contributed by atoms with E-state index in [4.69, 9.17) is 9.47 Å². The summed E-state index contributed by atoms with van der Waals surface area (Å²) < 4.78 is 12.7. The van der Waals surface area contributed by atoms with E-state index in [1.165, 1.54) is 15.6 Å². The fraction of sp³-hybridized carbons (Fsp3) is 0.368. The predicted octanol–water partition coefficient (Wildman–Crippen LogP) is 4.25. The van der Waals surface area contributed by atoms with Crippen molar-refractivity contribution < 1.29 is 9.47 Å². The average molecular weight is 395 g/mol. The normalized spacial score (nSPS) is 13.6. The molecule has 2 nitrogen and oxygen atoms in total. The summed E-state index contributed by atoms with van der Waals surface area (Å²) in [4.78, 5) is 0. The van der Waals surface area contributed by atoms with E-state index < -0.39 is 0 Å². The van der Waals surface area contributed by atoms with Crippen molar-refractivity contribution in [2.75, 3.05) is 20.5 Å². The molecule has 0 aliphatic carbocycles. The Balaban J connectivity index is 2.21. The Morgan fingerprint density at radius 2 is 1.78 bits per heavy atom. The number of methoxy groups -OCH3 is 2. The molecule has 0 N–H and O–H groups in total. The zero-order chi connectivity index (χ0) is 16.7. The molecule has 0 unspecified atom stereocenters. The Morgan fingerprint density at radius 1 is 1.04 bits per heavy atom. The topological polar surface area (TPSA) is 18.5 Å². The van der Waals surface area contributed by atoms with E-state index in [1.54, 1.807) is 14.2 Å². The first-order valence-electron chi connectivity index (χ1n) is 7.61. The number of ether oxygens (including phenoxy) is 2. The molecule has 0 aromatic heterocycles. The van der Waals surface area contributed by atoms with Gasteiger partial charge in [0.2, 0.25) is 0 Å². The molecule has 23 heavy (non-hydrogen) atoms. The van der Waals surface area contributed by atoms with Gasteiger partial charge in [0.1, 0.15) is 0 Å². The summed E-state index contributed by atoms with van der Waals surface area (Å²) in [5.74, 6) is 1.01. The zero-order valence-electron chi connectivity index (χ0n) is 14.1. The number of thioether (sulfide) groups is 1. The van der Waals surface area contributed by atoms with E-state index in [-0.39, 0.29) is 6.10 Å². The van der Waals surface area contributed by atoms with Crippen molar-refractivity contribution in [3.05, 3.63) is 59.7 Å².